The zero-order valence-corrected chi connectivity index (χ0v) is 11.7. The molecule has 6 nitrogen and oxygen atoms in total. The number of carbonyl (C=O) groups is 1. The number of aromatic nitrogens is 3. The fraction of sp³-hybridized carbons (Fsp3) is 0.400. The van der Waals surface area contributed by atoms with Crippen molar-refractivity contribution in [2.24, 2.45) is 5.92 Å². The number of carbonyl (C=O) groups excluding carboxylic acids is 1. The van der Waals surface area contributed by atoms with Gasteiger partial charge in [0.2, 0.25) is 0 Å². The van der Waals surface area contributed by atoms with E-state index in [1.165, 1.54) is 0 Å². The Morgan fingerprint density at radius 2 is 2.29 bits per heavy atom. The molecule has 1 atom stereocenters. The molecule has 2 aromatic heterocycles. The molecule has 3 rings (SSSR count). The highest BCUT2D eigenvalue weighted by atomic mass is 16.5. The number of nitrogens with zero attached hydrogens (tertiary/aromatic N) is 3. The van der Waals surface area contributed by atoms with Crippen LogP contribution in [0.1, 0.15) is 23.2 Å². The molecular formula is C15H18N4O2. The molecule has 2 aromatic rings. The van der Waals surface area contributed by atoms with Crippen molar-refractivity contribution in [1.82, 2.24) is 20.1 Å². The van der Waals surface area contributed by atoms with E-state index in [2.05, 4.69) is 15.4 Å². The van der Waals surface area contributed by atoms with Crippen molar-refractivity contribution in [3.63, 3.8) is 0 Å². The van der Waals surface area contributed by atoms with E-state index in [-0.39, 0.29) is 5.91 Å². The Labute approximate surface area is 123 Å². The van der Waals surface area contributed by atoms with E-state index in [1.54, 1.807) is 29.5 Å². The minimum atomic E-state index is -0.0964. The highest BCUT2D eigenvalue weighted by Gasteiger charge is 2.16. The summed E-state index contributed by atoms with van der Waals surface area (Å²) in [4.78, 5) is 16.1. The summed E-state index contributed by atoms with van der Waals surface area (Å²) in [6, 6.07) is 3.68. The highest BCUT2D eigenvalue weighted by Crippen LogP contribution is 2.12. The van der Waals surface area contributed by atoms with Gasteiger partial charge in [0.25, 0.3) is 5.91 Å². The maximum atomic E-state index is 12.1. The SMILES string of the molecule is O=C(NC[C@@H]1CCCOC1)c1cnn(-c2ccncc2)c1. The van der Waals surface area contributed by atoms with Crippen LogP contribution < -0.4 is 5.32 Å². The number of hydrogen-bond donors (Lipinski definition) is 1. The van der Waals surface area contributed by atoms with Gasteiger partial charge >= 0.3 is 0 Å². The predicted octanol–water partition coefficient (Wildman–Crippen LogP) is 1.42. The molecule has 1 aliphatic heterocycles. The zero-order chi connectivity index (χ0) is 14.5. The lowest BCUT2D eigenvalue weighted by atomic mass is 10.0. The van der Waals surface area contributed by atoms with Crippen molar-refractivity contribution < 1.29 is 9.53 Å². The normalized spacial score (nSPS) is 18.4. The first kappa shape index (κ1) is 13.8. The fourth-order valence-corrected chi connectivity index (χ4v) is 2.39. The molecule has 3 heterocycles. The van der Waals surface area contributed by atoms with E-state index in [0.29, 0.717) is 18.0 Å². The average molecular weight is 286 g/mol. The van der Waals surface area contributed by atoms with E-state index in [4.69, 9.17) is 4.74 Å². The van der Waals surface area contributed by atoms with Crippen LogP contribution in [0.15, 0.2) is 36.9 Å². The predicted molar refractivity (Wildman–Crippen MR) is 77.2 cm³/mol. The van der Waals surface area contributed by atoms with Gasteiger partial charge in [-0.25, -0.2) is 4.68 Å². The lowest BCUT2D eigenvalue weighted by Gasteiger charge is -2.21. The van der Waals surface area contributed by atoms with Crippen LogP contribution in [-0.4, -0.2) is 40.4 Å². The van der Waals surface area contributed by atoms with Gasteiger partial charge < -0.3 is 10.1 Å². The van der Waals surface area contributed by atoms with E-state index in [0.717, 1.165) is 31.7 Å². The van der Waals surface area contributed by atoms with Crippen molar-refractivity contribution in [3.8, 4) is 5.69 Å². The molecule has 21 heavy (non-hydrogen) atoms. The van der Waals surface area contributed by atoms with Gasteiger partial charge in [-0.1, -0.05) is 0 Å². The molecular weight excluding hydrogens is 268 g/mol. The maximum absolute atomic E-state index is 12.1. The molecule has 0 saturated carbocycles. The summed E-state index contributed by atoms with van der Waals surface area (Å²) in [5.74, 6) is 0.318. The molecule has 1 amide bonds. The minimum Gasteiger partial charge on any atom is -0.381 e. The first-order chi connectivity index (χ1) is 10.3. The molecule has 0 spiro atoms. The topological polar surface area (TPSA) is 69.0 Å². The number of hydrogen-bond acceptors (Lipinski definition) is 4. The summed E-state index contributed by atoms with van der Waals surface area (Å²) in [5.41, 5.74) is 1.44. The second kappa shape index (κ2) is 6.49. The van der Waals surface area contributed by atoms with Gasteiger partial charge in [-0.15, -0.1) is 0 Å². The number of nitrogens with one attached hydrogen (secondary N) is 1. The van der Waals surface area contributed by atoms with Crippen LogP contribution in [0.4, 0.5) is 0 Å². The largest absolute Gasteiger partial charge is 0.381 e. The van der Waals surface area contributed by atoms with Crippen molar-refractivity contribution in [2.45, 2.75) is 12.8 Å². The van der Waals surface area contributed by atoms with Crippen LogP contribution in [0, 0.1) is 5.92 Å². The van der Waals surface area contributed by atoms with Gasteiger partial charge in [-0.2, -0.15) is 5.10 Å². The van der Waals surface area contributed by atoms with Crippen LogP contribution in [0.5, 0.6) is 0 Å². The van der Waals surface area contributed by atoms with Crippen LogP contribution >= 0.6 is 0 Å². The van der Waals surface area contributed by atoms with Crippen LogP contribution in [0.2, 0.25) is 0 Å². The van der Waals surface area contributed by atoms with Crippen molar-refractivity contribution in [2.75, 3.05) is 19.8 Å². The first-order valence-corrected chi connectivity index (χ1v) is 7.14. The van der Waals surface area contributed by atoms with E-state index < -0.39 is 0 Å². The van der Waals surface area contributed by atoms with Crippen LogP contribution in [0.3, 0.4) is 0 Å². The Hall–Kier alpha value is -2.21. The van der Waals surface area contributed by atoms with Crippen LogP contribution in [0.25, 0.3) is 5.69 Å². The molecule has 0 bridgehead atoms. The van der Waals surface area contributed by atoms with E-state index in [1.807, 2.05) is 12.1 Å². The summed E-state index contributed by atoms with van der Waals surface area (Å²) in [6.07, 6.45) is 8.87. The molecule has 6 heteroatoms. The van der Waals surface area contributed by atoms with Gasteiger partial charge in [0.05, 0.1) is 24.1 Å². The second-order valence-electron chi connectivity index (χ2n) is 5.17. The van der Waals surface area contributed by atoms with E-state index in [9.17, 15) is 4.79 Å². The molecule has 0 radical (unpaired) electrons. The number of rotatable bonds is 4. The van der Waals surface area contributed by atoms with Gasteiger partial charge in [0, 0.05) is 31.7 Å². The molecule has 110 valence electrons. The minimum absolute atomic E-state index is 0.0964. The molecule has 1 N–H and O–H groups in total. The van der Waals surface area contributed by atoms with Crippen molar-refractivity contribution >= 4 is 5.91 Å². The third-order valence-corrected chi connectivity index (χ3v) is 3.58. The molecule has 0 aliphatic carbocycles. The fourth-order valence-electron chi connectivity index (χ4n) is 2.39. The Bertz CT molecular complexity index is 591. The Morgan fingerprint density at radius 1 is 1.43 bits per heavy atom. The smallest absolute Gasteiger partial charge is 0.254 e. The van der Waals surface area contributed by atoms with Gasteiger partial charge in [0.1, 0.15) is 0 Å². The number of ether oxygens (including phenoxy) is 1. The molecule has 1 saturated heterocycles. The Balaban J connectivity index is 1.59. The quantitative estimate of drug-likeness (QED) is 0.923. The molecule has 0 unspecified atom stereocenters. The monoisotopic (exact) mass is 286 g/mol. The number of pyridine rings is 1. The molecule has 1 aliphatic rings. The molecule has 1 fully saturated rings. The zero-order valence-electron chi connectivity index (χ0n) is 11.7. The summed E-state index contributed by atoms with van der Waals surface area (Å²) >= 11 is 0. The average Bonchev–Trinajstić information content (AvgIpc) is 3.04. The summed E-state index contributed by atoms with van der Waals surface area (Å²) < 4.78 is 7.08. The van der Waals surface area contributed by atoms with Gasteiger partial charge in [0.15, 0.2) is 0 Å². The van der Waals surface area contributed by atoms with Crippen LogP contribution in [-0.2, 0) is 4.74 Å². The van der Waals surface area contributed by atoms with Gasteiger partial charge in [-0.05, 0) is 30.9 Å². The summed E-state index contributed by atoms with van der Waals surface area (Å²) in [6.45, 7) is 2.22. The summed E-state index contributed by atoms with van der Waals surface area (Å²) in [7, 11) is 0. The lowest BCUT2D eigenvalue weighted by molar-refractivity contribution is 0.0536. The highest BCUT2D eigenvalue weighted by molar-refractivity contribution is 5.93. The summed E-state index contributed by atoms with van der Waals surface area (Å²) in [5, 5.41) is 7.15. The number of amides is 1. The molecule has 0 aromatic carbocycles. The maximum Gasteiger partial charge on any atom is 0.254 e. The van der Waals surface area contributed by atoms with Crippen molar-refractivity contribution in [3.05, 3.63) is 42.5 Å². The Kier molecular flexibility index (Phi) is 4.25. The third kappa shape index (κ3) is 3.46. The third-order valence-electron chi connectivity index (χ3n) is 3.58. The second-order valence-corrected chi connectivity index (χ2v) is 5.17. The van der Waals surface area contributed by atoms with E-state index >= 15 is 0 Å². The van der Waals surface area contributed by atoms with Gasteiger partial charge in [-0.3, -0.25) is 9.78 Å². The van der Waals surface area contributed by atoms with Crippen molar-refractivity contribution in [1.29, 1.82) is 0 Å². The Morgan fingerprint density at radius 3 is 3.05 bits per heavy atom. The lowest BCUT2D eigenvalue weighted by Crippen LogP contribution is -2.33. The first-order valence-electron chi connectivity index (χ1n) is 7.14. The standard InChI is InChI=1S/C15H18N4O2/c20-15(17-8-12-2-1-7-21-11-12)13-9-18-19(10-13)14-3-5-16-6-4-14/h3-6,9-10,12H,1-2,7-8,11H2,(H,17,20)/t12-/m0/s1.